The summed E-state index contributed by atoms with van der Waals surface area (Å²) in [6.45, 7) is 2.04. The van der Waals surface area contributed by atoms with Gasteiger partial charge in [0, 0.05) is 16.7 Å². The van der Waals surface area contributed by atoms with Crippen LogP contribution in [0.3, 0.4) is 0 Å². The molecule has 110 valence electrons. The van der Waals surface area contributed by atoms with Crippen molar-refractivity contribution >= 4 is 35.0 Å². The number of esters is 1. The highest BCUT2D eigenvalue weighted by atomic mass is 32.2. The Balaban J connectivity index is 1.97. The number of thioether (sulfide) groups is 1. The van der Waals surface area contributed by atoms with Crippen LogP contribution in [0.4, 0.5) is 0 Å². The normalized spacial score (nSPS) is 21.7. The van der Waals surface area contributed by atoms with E-state index in [1.807, 2.05) is 0 Å². The topological polar surface area (TPSA) is 68.3 Å². The molecule has 0 radical (unpaired) electrons. The number of amides is 1. The molecule has 2 atom stereocenters. The number of ether oxygens (including phenoxy) is 1. The molecular formula is C13H18N2O3S2. The Kier molecular flexibility index (Phi) is 5.42. The first kappa shape index (κ1) is 15.3. The largest absolute Gasteiger partial charge is 0.461 e. The van der Waals surface area contributed by atoms with Gasteiger partial charge in [0.2, 0.25) is 5.01 Å². The van der Waals surface area contributed by atoms with Gasteiger partial charge in [-0.2, -0.15) is 11.8 Å². The molecule has 20 heavy (non-hydrogen) atoms. The lowest BCUT2D eigenvalue weighted by molar-refractivity contribution is 0.0526. The van der Waals surface area contributed by atoms with E-state index in [0.717, 1.165) is 30.6 Å². The predicted octanol–water partition coefficient (Wildman–Crippen LogP) is 2.33. The highest BCUT2D eigenvalue weighted by Gasteiger charge is 2.28. The van der Waals surface area contributed by atoms with Gasteiger partial charge in [-0.1, -0.05) is 6.42 Å². The van der Waals surface area contributed by atoms with Crippen molar-refractivity contribution in [3.05, 3.63) is 16.1 Å². The van der Waals surface area contributed by atoms with Crippen molar-refractivity contribution in [3.63, 3.8) is 0 Å². The van der Waals surface area contributed by atoms with Gasteiger partial charge in [-0.05, 0) is 26.0 Å². The number of hydrogen-bond donors (Lipinski definition) is 1. The quantitative estimate of drug-likeness (QED) is 0.845. The minimum atomic E-state index is -0.473. The molecule has 2 rings (SSSR count). The van der Waals surface area contributed by atoms with Crippen molar-refractivity contribution in [2.45, 2.75) is 37.5 Å². The van der Waals surface area contributed by atoms with E-state index in [1.165, 1.54) is 0 Å². The Labute approximate surface area is 126 Å². The molecule has 1 aliphatic rings. The summed E-state index contributed by atoms with van der Waals surface area (Å²) in [6.07, 6.45) is 5.35. The zero-order chi connectivity index (χ0) is 14.5. The SMILES string of the molecule is CCOC(=O)c1nc(C(=O)NC2CCCC2SC)cs1. The van der Waals surface area contributed by atoms with E-state index in [-0.39, 0.29) is 17.0 Å². The Morgan fingerprint density at radius 3 is 3.05 bits per heavy atom. The Bertz CT molecular complexity index is 490. The summed E-state index contributed by atoms with van der Waals surface area (Å²) in [5, 5.41) is 5.32. The van der Waals surface area contributed by atoms with Crippen molar-refractivity contribution < 1.29 is 14.3 Å². The fraction of sp³-hybridized carbons (Fsp3) is 0.615. The lowest BCUT2D eigenvalue weighted by Crippen LogP contribution is -2.38. The van der Waals surface area contributed by atoms with Crippen LogP contribution in [0.25, 0.3) is 0 Å². The average Bonchev–Trinajstić information content (AvgIpc) is 3.07. The molecule has 0 spiro atoms. The molecule has 1 amide bonds. The molecule has 1 aromatic heterocycles. The molecule has 0 saturated heterocycles. The van der Waals surface area contributed by atoms with Gasteiger partial charge in [-0.15, -0.1) is 11.3 Å². The van der Waals surface area contributed by atoms with Crippen molar-refractivity contribution in [2.75, 3.05) is 12.9 Å². The van der Waals surface area contributed by atoms with Crippen LogP contribution >= 0.6 is 23.1 Å². The van der Waals surface area contributed by atoms with Crippen LogP contribution < -0.4 is 5.32 Å². The molecule has 0 aromatic carbocycles. The number of thiazole rings is 1. The minimum absolute atomic E-state index is 0.199. The summed E-state index contributed by atoms with van der Waals surface area (Å²) in [6, 6.07) is 0.199. The smallest absolute Gasteiger partial charge is 0.367 e. The summed E-state index contributed by atoms with van der Waals surface area (Å²) in [7, 11) is 0. The maximum Gasteiger partial charge on any atom is 0.367 e. The van der Waals surface area contributed by atoms with E-state index >= 15 is 0 Å². The summed E-state index contributed by atoms with van der Waals surface area (Å²) in [4.78, 5) is 27.7. The molecule has 0 aliphatic heterocycles. The maximum atomic E-state index is 12.1. The summed E-state index contributed by atoms with van der Waals surface area (Å²) in [5.41, 5.74) is 0.296. The minimum Gasteiger partial charge on any atom is -0.461 e. The molecule has 2 unspecified atom stereocenters. The molecule has 1 saturated carbocycles. The average molecular weight is 314 g/mol. The molecule has 1 N–H and O–H groups in total. The van der Waals surface area contributed by atoms with Crippen LogP contribution in [-0.4, -0.2) is 41.0 Å². The summed E-state index contributed by atoms with van der Waals surface area (Å²) >= 11 is 2.93. The highest BCUT2D eigenvalue weighted by molar-refractivity contribution is 7.99. The van der Waals surface area contributed by atoms with Crippen molar-refractivity contribution in [3.8, 4) is 0 Å². The van der Waals surface area contributed by atoms with E-state index in [0.29, 0.717) is 17.6 Å². The van der Waals surface area contributed by atoms with Gasteiger partial charge in [0.15, 0.2) is 0 Å². The molecule has 1 aromatic rings. The van der Waals surface area contributed by atoms with Crippen molar-refractivity contribution in [1.82, 2.24) is 10.3 Å². The number of rotatable bonds is 5. The fourth-order valence-corrected chi connectivity index (χ4v) is 3.90. The number of aromatic nitrogens is 1. The van der Waals surface area contributed by atoms with Gasteiger partial charge >= 0.3 is 5.97 Å². The van der Waals surface area contributed by atoms with E-state index in [1.54, 1.807) is 24.1 Å². The first-order valence-electron chi connectivity index (χ1n) is 6.62. The number of carbonyl (C=O) groups excluding carboxylic acids is 2. The molecule has 1 aliphatic carbocycles. The van der Waals surface area contributed by atoms with E-state index in [4.69, 9.17) is 4.74 Å². The number of nitrogens with one attached hydrogen (secondary N) is 1. The number of carbonyl (C=O) groups is 2. The second-order valence-electron chi connectivity index (χ2n) is 4.54. The van der Waals surface area contributed by atoms with Crippen LogP contribution in [0.2, 0.25) is 0 Å². The molecule has 1 fully saturated rings. The summed E-state index contributed by atoms with van der Waals surface area (Å²) < 4.78 is 4.86. The Morgan fingerprint density at radius 1 is 1.55 bits per heavy atom. The van der Waals surface area contributed by atoms with Gasteiger partial charge in [0.1, 0.15) is 5.69 Å². The zero-order valence-corrected chi connectivity index (χ0v) is 13.2. The molecule has 5 nitrogen and oxygen atoms in total. The van der Waals surface area contributed by atoms with Crippen LogP contribution in [-0.2, 0) is 4.74 Å². The van der Waals surface area contributed by atoms with Gasteiger partial charge in [0.05, 0.1) is 6.61 Å². The van der Waals surface area contributed by atoms with Gasteiger partial charge in [0.25, 0.3) is 5.91 Å². The predicted molar refractivity (Wildman–Crippen MR) is 80.5 cm³/mol. The third-order valence-electron chi connectivity index (χ3n) is 3.26. The Morgan fingerprint density at radius 2 is 2.35 bits per heavy atom. The van der Waals surface area contributed by atoms with Gasteiger partial charge in [-0.3, -0.25) is 4.79 Å². The first-order valence-corrected chi connectivity index (χ1v) is 8.78. The molecule has 7 heteroatoms. The summed E-state index contributed by atoms with van der Waals surface area (Å²) in [5.74, 6) is -0.679. The monoisotopic (exact) mass is 314 g/mol. The first-order chi connectivity index (χ1) is 9.65. The van der Waals surface area contributed by atoms with Gasteiger partial charge < -0.3 is 10.1 Å². The van der Waals surface area contributed by atoms with Crippen molar-refractivity contribution in [2.24, 2.45) is 0 Å². The second kappa shape index (κ2) is 7.08. The Hall–Kier alpha value is -1.08. The maximum absolute atomic E-state index is 12.1. The second-order valence-corrected chi connectivity index (χ2v) is 6.48. The van der Waals surface area contributed by atoms with E-state index in [2.05, 4.69) is 16.6 Å². The van der Waals surface area contributed by atoms with E-state index < -0.39 is 5.97 Å². The van der Waals surface area contributed by atoms with Crippen LogP contribution in [0, 0.1) is 0 Å². The number of nitrogens with zero attached hydrogens (tertiary/aromatic N) is 1. The highest BCUT2D eigenvalue weighted by Crippen LogP contribution is 2.28. The zero-order valence-electron chi connectivity index (χ0n) is 11.5. The van der Waals surface area contributed by atoms with Crippen LogP contribution in [0.15, 0.2) is 5.38 Å². The van der Waals surface area contributed by atoms with Gasteiger partial charge in [-0.25, -0.2) is 9.78 Å². The molecule has 1 heterocycles. The standard InChI is InChI=1S/C13H18N2O3S2/c1-3-18-13(17)12-15-9(7-20-12)11(16)14-8-5-4-6-10(8)19-2/h7-8,10H,3-6H2,1-2H3,(H,14,16). The molecule has 0 bridgehead atoms. The lowest BCUT2D eigenvalue weighted by atomic mass is 10.2. The lowest BCUT2D eigenvalue weighted by Gasteiger charge is -2.18. The number of hydrogen-bond acceptors (Lipinski definition) is 6. The van der Waals surface area contributed by atoms with E-state index in [9.17, 15) is 9.59 Å². The van der Waals surface area contributed by atoms with Crippen LogP contribution in [0.5, 0.6) is 0 Å². The third-order valence-corrected chi connectivity index (χ3v) is 5.25. The van der Waals surface area contributed by atoms with Crippen LogP contribution in [0.1, 0.15) is 46.5 Å². The molecular weight excluding hydrogens is 296 g/mol. The fourth-order valence-electron chi connectivity index (χ4n) is 2.28. The van der Waals surface area contributed by atoms with Crippen molar-refractivity contribution in [1.29, 1.82) is 0 Å². The third kappa shape index (κ3) is 3.52.